The fraction of sp³-hybridized carbons (Fsp3) is 0.0588. The van der Waals surface area contributed by atoms with Crippen LogP contribution < -0.4 is 5.32 Å². The quantitative estimate of drug-likeness (QED) is 0.592. The van der Waals surface area contributed by atoms with E-state index in [9.17, 15) is 4.79 Å². The van der Waals surface area contributed by atoms with Crippen LogP contribution in [0.25, 0.3) is 22.6 Å². The Morgan fingerprint density at radius 3 is 2.88 bits per heavy atom. The molecule has 0 spiro atoms. The summed E-state index contributed by atoms with van der Waals surface area (Å²) in [4.78, 5) is 29.2. The molecule has 0 radical (unpaired) electrons. The summed E-state index contributed by atoms with van der Waals surface area (Å²) in [6.07, 6.45) is 7.53. The third kappa shape index (κ3) is 3.07. The minimum Gasteiger partial charge on any atom is -0.363 e. The SMILES string of the molecule is Cc1cccnc1-c1csc(NC(=O)c2conc2-c2cncnc2)n1. The van der Waals surface area contributed by atoms with Gasteiger partial charge in [-0.2, -0.15) is 0 Å². The molecule has 0 aliphatic carbocycles. The highest BCUT2D eigenvalue weighted by atomic mass is 32.1. The van der Waals surface area contributed by atoms with Crippen molar-refractivity contribution in [3.05, 3.63) is 59.8 Å². The number of aryl methyl sites for hydroxylation is 1. The number of carbonyl (C=O) groups is 1. The highest BCUT2D eigenvalue weighted by molar-refractivity contribution is 7.14. The summed E-state index contributed by atoms with van der Waals surface area (Å²) in [6, 6.07) is 3.83. The van der Waals surface area contributed by atoms with E-state index >= 15 is 0 Å². The third-order valence-corrected chi connectivity index (χ3v) is 4.38. The van der Waals surface area contributed by atoms with Crippen LogP contribution in [0.15, 0.2) is 53.2 Å². The molecule has 8 nitrogen and oxygen atoms in total. The Morgan fingerprint density at radius 1 is 1.23 bits per heavy atom. The molecule has 4 heterocycles. The Labute approximate surface area is 152 Å². The first-order valence-electron chi connectivity index (χ1n) is 7.61. The van der Waals surface area contributed by atoms with Gasteiger partial charge >= 0.3 is 0 Å². The Morgan fingerprint density at radius 2 is 2.08 bits per heavy atom. The standard InChI is InChI=1S/C17H12N6O2S/c1-10-3-2-4-20-14(10)13-8-26-17(21-13)22-16(24)12-7-25-23-15(12)11-5-18-9-19-6-11/h2-9H,1H3,(H,21,22,24). The molecule has 0 aliphatic rings. The fourth-order valence-corrected chi connectivity index (χ4v) is 3.08. The van der Waals surface area contributed by atoms with Crippen LogP contribution in [0.4, 0.5) is 5.13 Å². The van der Waals surface area contributed by atoms with Crippen molar-refractivity contribution >= 4 is 22.4 Å². The highest BCUT2D eigenvalue weighted by Gasteiger charge is 2.19. The molecule has 4 aromatic heterocycles. The van der Waals surface area contributed by atoms with Crippen LogP contribution in [-0.2, 0) is 0 Å². The van der Waals surface area contributed by atoms with Crippen molar-refractivity contribution in [3.8, 4) is 22.6 Å². The molecule has 1 N–H and O–H groups in total. The number of amides is 1. The molecule has 0 unspecified atom stereocenters. The van der Waals surface area contributed by atoms with E-state index in [1.165, 1.54) is 23.9 Å². The van der Waals surface area contributed by atoms with Gasteiger partial charge < -0.3 is 4.52 Å². The van der Waals surface area contributed by atoms with Gasteiger partial charge in [0, 0.05) is 29.5 Å². The summed E-state index contributed by atoms with van der Waals surface area (Å²) in [5, 5.41) is 8.95. The number of nitrogens with zero attached hydrogens (tertiary/aromatic N) is 5. The summed E-state index contributed by atoms with van der Waals surface area (Å²) in [5.41, 5.74) is 3.77. The predicted molar refractivity (Wildman–Crippen MR) is 95.6 cm³/mol. The Hall–Kier alpha value is -3.46. The number of pyridine rings is 1. The van der Waals surface area contributed by atoms with Crippen molar-refractivity contribution in [2.45, 2.75) is 6.92 Å². The maximum Gasteiger partial charge on any atom is 0.263 e. The molecule has 0 fully saturated rings. The smallest absolute Gasteiger partial charge is 0.263 e. The van der Waals surface area contributed by atoms with Gasteiger partial charge in [-0.25, -0.2) is 15.0 Å². The van der Waals surface area contributed by atoms with Crippen molar-refractivity contribution in [1.82, 2.24) is 25.1 Å². The van der Waals surface area contributed by atoms with Gasteiger partial charge in [0.05, 0.1) is 5.69 Å². The van der Waals surface area contributed by atoms with E-state index in [-0.39, 0.29) is 11.5 Å². The van der Waals surface area contributed by atoms with E-state index in [2.05, 4.69) is 30.4 Å². The number of thiazole rings is 1. The van der Waals surface area contributed by atoms with E-state index in [4.69, 9.17) is 4.52 Å². The van der Waals surface area contributed by atoms with Gasteiger partial charge in [0.25, 0.3) is 5.91 Å². The average Bonchev–Trinajstić information content (AvgIpc) is 3.32. The van der Waals surface area contributed by atoms with E-state index in [1.54, 1.807) is 18.6 Å². The van der Waals surface area contributed by atoms with E-state index in [1.807, 2.05) is 24.4 Å². The molecule has 0 saturated heterocycles. The van der Waals surface area contributed by atoms with Crippen LogP contribution >= 0.6 is 11.3 Å². The third-order valence-electron chi connectivity index (χ3n) is 3.63. The van der Waals surface area contributed by atoms with Gasteiger partial charge in [0.15, 0.2) is 5.13 Å². The van der Waals surface area contributed by atoms with Crippen molar-refractivity contribution in [1.29, 1.82) is 0 Å². The number of rotatable bonds is 4. The first-order valence-corrected chi connectivity index (χ1v) is 8.49. The summed E-state index contributed by atoms with van der Waals surface area (Å²) in [6.45, 7) is 1.96. The predicted octanol–water partition coefficient (Wildman–Crippen LogP) is 3.21. The minimum absolute atomic E-state index is 0.283. The number of anilines is 1. The second-order valence-electron chi connectivity index (χ2n) is 5.36. The molecule has 9 heteroatoms. The lowest BCUT2D eigenvalue weighted by Gasteiger charge is -2.02. The lowest BCUT2D eigenvalue weighted by atomic mass is 10.1. The van der Waals surface area contributed by atoms with Crippen LogP contribution in [0.2, 0.25) is 0 Å². The zero-order valence-corrected chi connectivity index (χ0v) is 14.4. The van der Waals surface area contributed by atoms with Crippen LogP contribution in [0.3, 0.4) is 0 Å². The molecule has 0 aromatic carbocycles. The van der Waals surface area contributed by atoms with Gasteiger partial charge in [0.1, 0.15) is 29.5 Å². The Kier molecular flexibility index (Phi) is 4.20. The maximum absolute atomic E-state index is 12.6. The molecular weight excluding hydrogens is 352 g/mol. The van der Waals surface area contributed by atoms with Crippen molar-refractivity contribution < 1.29 is 9.32 Å². The number of hydrogen-bond donors (Lipinski definition) is 1. The average molecular weight is 364 g/mol. The summed E-state index contributed by atoms with van der Waals surface area (Å²) in [5.74, 6) is -0.372. The van der Waals surface area contributed by atoms with Crippen LogP contribution in [0, 0.1) is 6.92 Å². The van der Waals surface area contributed by atoms with Crippen molar-refractivity contribution in [2.24, 2.45) is 0 Å². The van der Waals surface area contributed by atoms with Crippen LogP contribution in [-0.4, -0.2) is 31.0 Å². The topological polar surface area (TPSA) is 107 Å². The number of aromatic nitrogens is 5. The molecule has 0 bridgehead atoms. The highest BCUT2D eigenvalue weighted by Crippen LogP contribution is 2.27. The Balaban J connectivity index is 1.57. The van der Waals surface area contributed by atoms with Crippen LogP contribution in [0.1, 0.15) is 15.9 Å². The van der Waals surface area contributed by atoms with Gasteiger partial charge in [-0.05, 0) is 18.6 Å². The lowest BCUT2D eigenvalue weighted by molar-refractivity contribution is 0.102. The van der Waals surface area contributed by atoms with Gasteiger partial charge in [-0.1, -0.05) is 11.2 Å². The van der Waals surface area contributed by atoms with E-state index in [0.29, 0.717) is 22.1 Å². The molecule has 1 amide bonds. The molecule has 0 aliphatic heterocycles. The zero-order valence-electron chi connectivity index (χ0n) is 13.6. The summed E-state index contributed by atoms with van der Waals surface area (Å²) in [7, 11) is 0. The maximum atomic E-state index is 12.6. The lowest BCUT2D eigenvalue weighted by Crippen LogP contribution is -2.12. The van der Waals surface area contributed by atoms with E-state index in [0.717, 1.165) is 11.3 Å². The summed E-state index contributed by atoms with van der Waals surface area (Å²) >= 11 is 1.32. The van der Waals surface area contributed by atoms with E-state index < -0.39 is 0 Å². The first-order chi connectivity index (χ1) is 12.7. The van der Waals surface area contributed by atoms with Gasteiger partial charge in [0.2, 0.25) is 0 Å². The number of nitrogens with one attached hydrogen (secondary N) is 1. The second-order valence-corrected chi connectivity index (χ2v) is 6.22. The molecule has 0 saturated carbocycles. The summed E-state index contributed by atoms with van der Waals surface area (Å²) < 4.78 is 4.96. The molecule has 0 atom stereocenters. The Bertz CT molecular complexity index is 1060. The molecular formula is C17H12N6O2S. The number of carbonyl (C=O) groups excluding carboxylic acids is 1. The zero-order chi connectivity index (χ0) is 17.9. The van der Waals surface area contributed by atoms with Crippen molar-refractivity contribution in [3.63, 3.8) is 0 Å². The minimum atomic E-state index is -0.372. The monoisotopic (exact) mass is 364 g/mol. The normalized spacial score (nSPS) is 10.7. The van der Waals surface area contributed by atoms with Gasteiger partial charge in [-0.15, -0.1) is 11.3 Å². The number of hydrogen-bond acceptors (Lipinski definition) is 8. The fourth-order valence-electron chi connectivity index (χ4n) is 2.39. The first kappa shape index (κ1) is 16.0. The van der Waals surface area contributed by atoms with Crippen molar-refractivity contribution in [2.75, 3.05) is 5.32 Å². The molecule has 4 aromatic rings. The molecule has 26 heavy (non-hydrogen) atoms. The van der Waals surface area contributed by atoms with Gasteiger partial charge in [-0.3, -0.25) is 15.1 Å². The molecule has 4 rings (SSSR count). The van der Waals surface area contributed by atoms with Crippen LogP contribution in [0.5, 0.6) is 0 Å². The molecule has 128 valence electrons. The second kappa shape index (κ2) is 6.81. The largest absolute Gasteiger partial charge is 0.363 e.